The molecule has 186 valence electrons. The van der Waals surface area contributed by atoms with Crippen molar-refractivity contribution in [2.45, 2.75) is 33.2 Å². The molecule has 5 rings (SSSR count). The van der Waals surface area contributed by atoms with Crippen molar-refractivity contribution < 1.29 is 9.53 Å². The molecular weight excluding hydrogens is 468 g/mol. The zero-order chi connectivity index (χ0) is 25.6. The van der Waals surface area contributed by atoms with Gasteiger partial charge in [-0.3, -0.25) is 9.69 Å². The molecule has 3 aromatic carbocycles. The quantitative estimate of drug-likeness (QED) is 0.453. The molecule has 2 aliphatic rings. The van der Waals surface area contributed by atoms with Gasteiger partial charge in [0.25, 0.3) is 5.91 Å². The molecule has 2 aliphatic heterocycles. The van der Waals surface area contributed by atoms with Crippen LogP contribution in [0.15, 0.2) is 60.7 Å². The van der Waals surface area contributed by atoms with Gasteiger partial charge in [-0.25, -0.2) is 0 Å². The van der Waals surface area contributed by atoms with E-state index in [1.54, 1.807) is 4.90 Å². The molecule has 2 heterocycles. The second-order valence-electron chi connectivity index (χ2n) is 9.04. The van der Waals surface area contributed by atoms with E-state index in [-0.39, 0.29) is 11.0 Å². The lowest BCUT2D eigenvalue weighted by atomic mass is 9.74. The summed E-state index contributed by atoms with van der Waals surface area (Å²) in [5, 5.41) is 0.0376. The third kappa shape index (κ3) is 3.29. The number of nitrogens with zero attached hydrogens (tertiary/aromatic N) is 3. The number of hydrogen-bond acceptors (Lipinski definition) is 5. The van der Waals surface area contributed by atoms with E-state index in [4.69, 9.17) is 22.7 Å². The van der Waals surface area contributed by atoms with E-state index < -0.39 is 5.54 Å². The highest BCUT2D eigenvalue weighted by atomic mass is 32.1. The highest BCUT2D eigenvalue weighted by Crippen LogP contribution is 2.58. The van der Waals surface area contributed by atoms with Crippen LogP contribution in [0.5, 0.6) is 11.5 Å². The zero-order valence-corrected chi connectivity index (χ0v) is 22.1. The molecule has 6 nitrogen and oxygen atoms in total. The fourth-order valence-corrected chi connectivity index (χ4v) is 6.02. The normalized spacial score (nSPS) is 14.7. The first-order chi connectivity index (χ1) is 17.4. The van der Waals surface area contributed by atoms with Gasteiger partial charge in [0.2, 0.25) is 0 Å². The second-order valence-corrected chi connectivity index (χ2v) is 9.46. The van der Waals surface area contributed by atoms with Crippen molar-refractivity contribution in [1.82, 2.24) is 4.90 Å². The van der Waals surface area contributed by atoms with Gasteiger partial charge in [0, 0.05) is 71.9 Å². The van der Waals surface area contributed by atoms with Gasteiger partial charge in [-0.05, 0) is 58.1 Å². The van der Waals surface area contributed by atoms with Gasteiger partial charge in [0.1, 0.15) is 17.0 Å². The maximum absolute atomic E-state index is 13.8. The minimum atomic E-state index is -1.01. The number of nitrogens with two attached hydrogens (primary N) is 1. The first kappa shape index (κ1) is 24.1. The number of benzene rings is 3. The second kappa shape index (κ2) is 9.13. The van der Waals surface area contributed by atoms with E-state index in [0.717, 1.165) is 54.2 Å². The Morgan fingerprint density at radius 2 is 1.33 bits per heavy atom. The molecule has 1 amide bonds. The smallest absolute Gasteiger partial charge is 0.261 e. The fourth-order valence-electron chi connectivity index (χ4n) is 5.80. The van der Waals surface area contributed by atoms with Crippen molar-refractivity contribution in [3.05, 3.63) is 82.9 Å². The van der Waals surface area contributed by atoms with E-state index in [1.165, 1.54) is 0 Å². The third-order valence-electron chi connectivity index (χ3n) is 7.49. The average Bonchev–Trinajstić information content (AvgIpc) is 3.15. The van der Waals surface area contributed by atoms with Crippen LogP contribution in [0.1, 0.15) is 54.7 Å². The van der Waals surface area contributed by atoms with Gasteiger partial charge in [0.05, 0.1) is 0 Å². The Morgan fingerprint density at radius 3 is 1.81 bits per heavy atom. The minimum absolute atomic E-state index is 0.0376. The number of carbonyl (C=O) groups excluding carboxylic acids is 1. The van der Waals surface area contributed by atoms with Crippen LogP contribution in [0.3, 0.4) is 0 Å². The predicted octanol–water partition coefficient (Wildman–Crippen LogP) is 5.48. The summed E-state index contributed by atoms with van der Waals surface area (Å²) >= 11 is 5.53. The van der Waals surface area contributed by atoms with Gasteiger partial charge < -0.3 is 20.3 Å². The van der Waals surface area contributed by atoms with Crippen molar-refractivity contribution in [3.8, 4) is 11.5 Å². The molecule has 0 unspecified atom stereocenters. The Balaban J connectivity index is 1.85. The summed E-state index contributed by atoms with van der Waals surface area (Å²) in [6.07, 6.45) is 0. The molecule has 7 heteroatoms. The molecule has 0 atom stereocenters. The molecule has 36 heavy (non-hydrogen) atoms. The number of fused-ring (bicyclic) bond motifs is 6. The SMILES string of the molecule is CCN(CC)c1ccc2c(c1)Oc1cc(N(CC)CC)ccc1C21c2ccccc2C(=O)N1C(N)=S. The van der Waals surface area contributed by atoms with Crippen molar-refractivity contribution in [1.29, 1.82) is 0 Å². The standard InChI is InChI=1S/C29H32N4O2S/c1-5-31(6-2)19-13-15-23-25(17-19)35-26-18-20(32(7-3)8-4)14-16-24(26)29(23)22-12-10-9-11-21(22)27(34)33(29)28(30)36/h9-18H,5-8H2,1-4H3,(H2,30,36). The molecule has 1 spiro atoms. The monoisotopic (exact) mass is 500 g/mol. The van der Waals surface area contributed by atoms with Crippen LogP contribution in [0.4, 0.5) is 11.4 Å². The fraction of sp³-hybridized carbons (Fsp3) is 0.310. The Morgan fingerprint density at radius 1 is 0.833 bits per heavy atom. The number of carbonyl (C=O) groups is 1. The van der Waals surface area contributed by atoms with Gasteiger partial charge in [-0.2, -0.15) is 0 Å². The molecule has 0 bridgehead atoms. The Kier molecular flexibility index (Phi) is 6.12. The summed E-state index contributed by atoms with van der Waals surface area (Å²) in [5.74, 6) is 1.21. The third-order valence-corrected chi connectivity index (χ3v) is 7.68. The number of anilines is 2. The van der Waals surface area contributed by atoms with Crippen molar-refractivity contribution in [3.63, 3.8) is 0 Å². The van der Waals surface area contributed by atoms with E-state index in [9.17, 15) is 4.79 Å². The minimum Gasteiger partial charge on any atom is -0.456 e. The number of rotatable bonds is 6. The summed E-state index contributed by atoms with van der Waals surface area (Å²) in [5.41, 5.74) is 10.6. The van der Waals surface area contributed by atoms with Crippen LogP contribution in [0.25, 0.3) is 0 Å². The van der Waals surface area contributed by atoms with Crippen molar-refractivity contribution in [2.75, 3.05) is 36.0 Å². The predicted molar refractivity (Wildman–Crippen MR) is 149 cm³/mol. The van der Waals surface area contributed by atoms with Gasteiger partial charge in [-0.15, -0.1) is 0 Å². The zero-order valence-electron chi connectivity index (χ0n) is 21.2. The number of ether oxygens (including phenoxy) is 1. The van der Waals surface area contributed by atoms with Gasteiger partial charge >= 0.3 is 0 Å². The summed E-state index contributed by atoms with van der Waals surface area (Å²) in [4.78, 5) is 19.9. The molecular formula is C29H32N4O2S. The van der Waals surface area contributed by atoms with Crippen LogP contribution >= 0.6 is 12.2 Å². The Bertz CT molecular complexity index is 1290. The molecule has 3 aromatic rings. The largest absolute Gasteiger partial charge is 0.456 e. The summed E-state index contributed by atoms with van der Waals surface area (Å²) < 4.78 is 6.63. The summed E-state index contributed by atoms with van der Waals surface area (Å²) in [6.45, 7) is 12.1. The first-order valence-electron chi connectivity index (χ1n) is 12.6. The molecule has 0 aliphatic carbocycles. The number of hydrogen-bond donors (Lipinski definition) is 1. The maximum Gasteiger partial charge on any atom is 0.261 e. The van der Waals surface area contributed by atoms with E-state index >= 15 is 0 Å². The van der Waals surface area contributed by atoms with Crippen LogP contribution in [0.2, 0.25) is 0 Å². The number of thiocarbonyl (C=S) groups is 1. The van der Waals surface area contributed by atoms with Crippen molar-refractivity contribution >= 4 is 34.6 Å². The first-order valence-corrected chi connectivity index (χ1v) is 13.0. The van der Waals surface area contributed by atoms with Gasteiger partial charge in [-0.1, -0.05) is 30.3 Å². The molecule has 0 aromatic heterocycles. The Hall–Kier alpha value is -3.58. The Labute approximate surface area is 218 Å². The topological polar surface area (TPSA) is 62.0 Å². The van der Waals surface area contributed by atoms with Crippen molar-refractivity contribution in [2.24, 2.45) is 5.73 Å². The maximum atomic E-state index is 13.8. The number of amides is 1. The molecule has 0 radical (unpaired) electrons. The van der Waals surface area contributed by atoms with E-state index in [0.29, 0.717) is 17.1 Å². The molecule has 0 saturated carbocycles. The van der Waals surface area contributed by atoms with E-state index in [1.807, 2.05) is 24.3 Å². The lowest BCUT2D eigenvalue weighted by molar-refractivity contribution is 0.0807. The summed E-state index contributed by atoms with van der Waals surface area (Å²) in [6, 6.07) is 20.1. The molecule has 0 saturated heterocycles. The van der Waals surface area contributed by atoms with Crippen LogP contribution in [-0.2, 0) is 5.54 Å². The van der Waals surface area contributed by atoms with E-state index in [2.05, 4.69) is 73.9 Å². The van der Waals surface area contributed by atoms with Crippen LogP contribution < -0.4 is 20.3 Å². The highest BCUT2D eigenvalue weighted by Gasteiger charge is 2.57. The molecule has 2 N–H and O–H groups in total. The summed E-state index contributed by atoms with van der Waals surface area (Å²) in [7, 11) is 0. The van der Waals surface area contributed by atoms with Crippen LogP contribution in [0, 0.1) is 0 Å². The van der Waals surface area contributed by atoms with Gasteiger partial charge in [0.15, 0.2) is 5.11 Å². The van der Waals surface area contributed by atoms with Crippen LogP contribution in [-0.4, -0.2) is 42.1 Å². The lowest BCUT2D eigenvalue weighted by Gasteiger charge is -2.44. The lowest BCUT2D eigenvalue weighted by Crippen LogP contribution is -2.52. The highest BCUT2D eigenvalue weighted by molar-refractivity contribution is 7.80. The molecule has 0 fully saturated rings. The average molecular weight is 501 g/mol.